The first-order valence-electron chi connectivity index (χ1n) is 8.32. The summed E-state index contributed by atoms with van der Waals surface area (Å²) in [7, 11) is 1.80. The van der Waals surface area contributed by atoms with Gasteiger partial charge >= 0.3 is 0 Å². The fraction of sp³-hybridized carbons (Fsp3) is 1.00. The van der Waals surface area contributed by atoms with E-state index in [2.05, 4.69) is 32.6 Å². The van der Waals surface area contributed by atoms with Gasteiger partial charge in [-0.1, -0.05) is 20.8 Å². The molecule has 0 aliphatic heterocycles. The van der Waals surface area contributed by atoms with E-state index in [0.29, 0.717) is 17.4 Å². The van der Waals surface area contributed by atoms with Crippen LogP contribution >= 0.6 is 0 Å². The van der Waals surface area contributed by atoms with Crippen molar-refractivity contribution in [1.82, 2.24) is 4.90 Å². The Bertz CT molecular complexity index is 327. The number of hydrogen-bond acceptors (Lipinski definition) is 3. The molecule has 0 aromatic heterocycles. The minimum atomic E-state index is 0.171. The third-order valence-corrected chi connectivity index (χ3v) is 5.82. The summed E-state index contributed by atoms with van der Waals surface area (Å²) in [5.74, 6) is 1.55. The standard InChI is InChI=1S/C17H34N2O/c1-13-10-16(3,4)11-17(13,12-18)19(8-9-20-5)14(2)15-6-7-15/h13-15H,6-12,18H2,1-5H3. The van der Waals surface area contributed by atoms with Crippen LogP contribution in [0.25, 0.3) is 0 Å². The second-order valence-corrected chi connectivity index (χ2v) is 8.02. The van der Waals surface area contributed by atoms with Crippen LogP contribution < -0.4 is 5.73 Å². The molecule has 2 aliphatic carbocycles. The molecular formula is C17H34N2O. The van der Waals surface area contributed by atoms with Crippen LogP contribution in [0.4, 0.5) is 0 Å². The average Bonchev–Trinajstić information content (AvgIpc) is 3.17. The topological polar surface area (TPSA) is 38.5 Å². The van der Waals surface area contributed by atoms with E-state index >= 15 is 0 Å². The quantitative estimate of drug-likeness (QED) is 0.780. The molecule has 0 amide bonds. The summed E-state index contributed by atoms with van der Waals surface area (Å²) in [5.41, 5.74) is 6.91. The molecule has 0 heterocycles. The highest BCUT2D eigenvalue weighted by Gasteiger charge is 2.53. The molecule has 2 rings (SSSR count). The molecule has 0 radical (unpaired) electrons. The number of ether oxygens (including phenoxy) is 1. The Labute approximate surface area is 125 Å². The molecule has 3 atom stereocenters. The normalized spacial score (nSPS) is 34.6. The highest BCUT2D eigenvalue weighted by molar-refractivity contribution is 5.08. The minimum absolute atomic E-state index is 0.171. The van der Waals surface area contributed by atoms with Crippen molar-refractivity contribution in [2.45, 2.75) is 65.0 Å². The van der Waals surface area contributed by atoms with Gasteiger partial charge in [0.2, 0.25) is 0 Å². The van der Waals surface area contributed by atoms with Crippen LogP contribution in [-0.2, 0) is 4.74 Å². The third kappa shape index (κ3) is 3.05. The van der Waals surface area contributed by atoms with E-state index < -0.39 is 0 Å². The van der Waals surface area contributed by atoms with Crippen molar-refractivity contribution >= 4 is 0 Å². The lowest BCUT2D eigenvalue weighted by molar-refractivity contribution is -0.00178. The van der Waals surface area contributed by atoms with Gasteiger partial charge < -0.3 is 10.5 Å². The maximum atomic E-state index is 6.33. The number of nitrogens with zero attached hydrogens (tertiary/aromatic N) is 1. The molecule has 20 heavy (non-hydrogen) atoms. The van der Waals surface area contributed by atoms with Gasteiger partial charge in [-0.3, -0.25) is 4.90 Å². The van der Waals surface area contributed by atoms with E-state index in [4.69, 9.17) is 10.5 Å². The molecule has 0 spiro atoms. The Hall–Kier alpha value is -0.120. The smallest absolute Gasteiger partial charge is 0.0590 e. The molecule has 3 heteroatoms. The van der Waals surface area contributed by atoms with Gasteiger partial charge in [0.05, 0.1) is 6.61 Å². The number of methoxy groups -OCH3 is 1. The van der Waals surface area contributed by atoms with E-state index in [0.717, 1.165) is 25.6 Å². The van der Waals surface area contributed by atoms with Gasteiger partial charge in [-0.2, -0.15) is 0 Å². The summed E-state index contributed by atoms with van der Waals surface area (Å²) in [4.78, 5) is 2.72. The predicted octanol–water partition coefficient (Wildman–Crippen LogP) is 2.89. The Morgan fingerprint density at radius 3 is 2.40 bits per heavy atom. The van der Waals surface area contributed by atoms with Crippen molar-refractivity contribution in [1.29, 1.82) is 0 Å². The van der Waals surface area contributed by atoms with Crippen molar-refractivity contribution in [3.63, 3.8) is 0 Å². The lowest BCUT2D eigenvalue weighted by Gasteiger charge is -2.48. The summed E-state index contributed by atoms with van der Waals surface area (Å²) < 4.78 is 5.38. The Morgan fingerprint density at radius 2 is 2.00 bits per heavy atom. The van der Waals surface area contributed by atoms with Crippen LogP contribution in [0.1, 0.15) is 53.4 Å². The Balaban J connectivity index is 2.23. The van der Waals surface area contributed by atoms with Gasteiger partial charge in [-0.15, -0.1) is 0 Å². The molecule has 3 nitrogen and oxygen atoms in total. The number of rotatable bonds is 7. The van der Waals surface area contributed by atoms with E-state index in [1.807, 2.05) is 0 Å². The van der Waals surface area contributed by atoms with Gasteiger partial charge in [0.1, 0.15) is 0 Å². The molecule has 118 valence electrons. The number of hydrogen-bond donors (Lipinski definition) is 1. The van der Waals surface area contributed by atoms with E-state index in [9.17, 15) is 0 Å². The molecule has 2 aliphatic rings. The predicted molar refractivity (Wildman–Crippen MR) is 84.7 cm³/mol. The first-order chi connectivity index (χ1) is 9.36. The second kappa shape index (κ2) is 5.94. The first kappa shape index (κ1) is 16.3. The summed E-state index contributed by atoms with van der Waals surface area (Å²) in [6.07, 6.45) is 5.29. The summed E-state index contributed by atoms with van der Waals surface area (Å²) in [6, 6.07) is 0.644. The first-order valence-corrected chi connectivity index (χ1v) is 8.32. The van der Waals surface area contributed by atoms with Crippen LogP contribution in [0.2, 0.25) is 0 Å². The van der Waals surface area contributed by atoms with Crippen molar-refractivity contribution < 1.29 is 4.74 Å². The molecule has 0 saturated heterocycles. The monoisotopic (exact) mass is 282 g/mol. The molecule has 2 saturated carbocycles. The van der Waals surface area contributed by atoms with Crippen LogP contribution in [0.5, 0.6) is 0 Å². The molecule has 0 aromatic rings. The average molecular weight is 282 g/mol. The van der Waals surface area contributed by atoms with Gasteiger partial charge in [0.25, 0.3) is 0 Å². The van der Waals surface area contributed by atoms with Crippen molar-refractivity contribution in [2.24, 2.45) is 23.0 Å². The zero-order valence-electron chi connectivity index (χ0n) is 14.1. The van der Waals surface area contributed by atoms with Crippen molar-refractivity contribution in [3.05, 3.63) is 0 Å². The van der Waals surface area contributed by atoms with Crippen LogP contribution in [0.15, 0.2) is 0 Å². The fourth-order valence-electron chi connectivity index (χ4n) is 4.72. The highest BCUT2D eigenvalue weighted by Crippen LogP contribution is 2.52. The van der Waals surface area contributed by atoms with E-state index in [-0.39, 0.29) is 5.54 Å². The molecule has 2 N–H and O–H groups in total. The number of nitrogens with two attached hydrogens (primary N) is 1. The zero-order valence-corrected chi connectivity index (χ0v) is 14.1. The van der Waals surface area contributed by atoms with E-state index in [1.54, 1.807) is 7.11 Å². The molecule has 2 fully saturated rings. The summed E-state index contributed by atoms with van der Waals surface area (Å²) in [6.45, 7) is 12.2. The lowest BCUT2D eigenvalue weighted by Crippen LogP contribution is -2.60. The highest BCUT2D eigenvalue weighted by atomic mass is 16.5. The maximum Gasteiger partial charge on any atom is 0.0590 e. The van der Waals surface area contributed by atoms with Crippen LogP contribution in [-0.4, -0.2) is 43.3 Å². The van der Waals surface area contributed by atoms with Gasteiger partial charge in [0, 0.05) is 31.8 Å². The molecule has 0 aromatic carbocycles. The van der Waals surface area contributed by atoms with Crippen LogP contribution in [0.3, 0.4) is 0 Å². The maximum absolute atomic E-state index is 6.33. The molecule has 3 unspecified atom stereocenters. The molecule has 0 bridgehead atoms. The summed E-state index contributed by atoms with van der Waals surface area (Å²) in [5, 5.41) is 0. The third-order valence-electron chi connectivity index (χ3n) is 5.82. The van der Waals surface area contributed by atoms with Gasteiger partial charge in [-0.25, -0.2) is 0 Å². The lowest BCUT2D eigenvalue weighted by atomic mass is 9.83. The molecular weight excluding hydrogens is 248 g/mol. The largest absolute Gasteiger partial charge is 0.383 e. The zero-order chi connectivity index (χ0) is 15.0. The second-order valence-electron chi connectivity index (χ2n) is 8.02. The fourth-order valence-corrected chi connectivity index (χ4v) is 4.72. The van der Waals surface area contributed by atoms with Crippen molar-refractivity contribution in [2.75, 3.05) is 26.8 Å². The Morgan fingerprint density at radius 1 is 1.35 bits per heavy atom. The van der Waals surface area contributed by atoms with Crippen LogP contribution in [0, 0.1) is 17.3 Å². The van der Waals surface area contributed by atoms with Gasteiger partial charge in [-0.05, 0) is 49.9 Å². The summed E-state index contributed by atoms with van der Waals surface area (Å²) >= 11 is 0. The minimum Gasteiger partial charge on any atom is -0.383 e. The van der Waals surface area contributed by atoms with Gasteiger partial charge in [0.15, 0.2) is 0 Å². The van der Waals surface area contributed by atoms with E-state index in [1.165, 1.54) is 25.7 Å². The Kier molecular flexibility index (Phi) is 4.83. The SMILES string of the molecule is COCCN(C(C)C1CC1)C1(CN)CC(C)(C)CC1C. The van der Waals surface area contributed by atoms with Crippen molar-refractivity contribution in [3.8, 4) is 0 Å².